The van der Waals surface area contributed by atoms with Gasteiger partial charge in [0.05, 0.1) is 5.56 Å². The number of alkyl halides is 3. The molecule has 25 heavy (non-hydrogen) atoms. The van der Waals surface area contributed by atoms with Gasteiger partial charge in [-0.05, 0) is 42.3 Å². The minimum absolute atomic E-state index is 0.180. The zero-order valence-corrected chi connectivity index (χ0v) is 13.4. The molecule has 0 aromatic heterocycles. The molecule has 0 heterocycles. The van der Waals surface area contributed by atoms with Gasteiger partial charge in [-0.2, -0.15) is 13.2 Å². The molecule has 0 aliphatic rings. The molecule has 2 aromatic carbocycles. The normalized spacial score (nSPS) is 12.6. The number of hydrogen-bond donors (Lipinski definition) is 2. The van der Waals surface area contributed by atoms with Crippen LogP contribution in [0, 0.1) is 0 Å². The predicted octanol–water partition coefficient (Wildman–Crippen LogP) is 2.85. The van der Waals surface area contributed by atoms with E-state index >= 15 is 0 Å². The highest BCUT2D eigenvalue weighted by molar-refractivity contribution is 5.75. The summed E-state index contributed by atoms with van der Waals surface area (Å²) >= 11 is 0. The average molecular weight is 352 g/mol. The largest absolute Gasteiger partial charge is 0.484 e. The van der Waals surface area contributed by atoms with E-state index < -0.39 is 17.6 Å². The van der Waals surface area contributed by atoms with Crippen molar-refractivity contribution in [1.29, 1.82) is 0 Å². The highest BCUT2D eigenvalue weighted by Crippen LogP contribution is 2.31. The van der Waals surface area contributed by atoms with Gasteiger partial charge in [-0.25, -0.2) is 0 Å². The summed E-state index contributed by atoms with van der Waals surface area (Å²) in [4.78, 5) is 10.8. The first kappa shape index (κ1) is 18.8. The molecule has 7 heteroatoms. The summed E-state index contributed by atoms with van der Waals surface area (Å²) in [6.07, 6.45) is -4.02. The van der Waals surface area contributed by atoms with Crippen molar-refractivity contribution >= 4 is 5.91 Å². The van der Waals surface area contributed by atoms with Crippen LogP contribution >= 0.6 is 0 Å². The number of carbonyl (C=O) groups is 1. The number of hydrogen-bond acceptors (Lipinski definition) is 3. The van der Waals surface area contributed by atoms with Crippen LogP contribution in [0.3, 0.4) is 0 Å². The fourth-order valence-corrected chi connectivity index (χ4v) is 2.51. The summed E-state index contributed by atoms with van der Waals surface area (Å²) in [5.74, 6) is -0.316. The molecule has 0 bridgehead atoms. The first-order valence-electron chi connectivity index (χ1n) is 7.67. The number of primary amides is 1. The summed E-state index contributed by atoms with van der Waals surface area (Å²) in [5, 5.41) is 0. The lowest BCUT2D eigenvalue weighted by molar-refractivity contribution is -0.137. The average Bonchev–Trinajstić information content (AvgIpc) is 2.57. The van der Waals surface area contributed by atoms with Gasteiger partial charge in [-0.1, -0.05) is 30.3 Å². The van der Waals surface area contributed by atoms with Crippen LogP contribution in [0.5, 0.6) is 5.75 Å². The number of nitrogens with two attached hydrogens (primary N) is 2. The summed E-state index contributed by atoms with van der Waals surface area (Å²) < 4.78 is 43.8. The second kappa shape index (κ2) is 8.02. The van der Waals surface area contributed by atoms with Crippen molar-refractivity contribution in [3.05, 3.63) is 65.2 Å². The maximum atomic E-state index is 12.8. The summed E-state index contributed by atoms with van der Waals surface area (Å²) in [7, 11) is 0. The summed E-state index contributed by atoms with van der Waals surface area (Å²) in [6, 6.07) is 12.2. The predicted molar refractivity (Wildman–Crippen MR) is 88.1 cm³/mol. The molecule has 0 fully saturated rings. The van der Waals surface area contributed by atoms with E-state index in [0.29, 0.717) is 17.7 Å². The molecule has 1 amide bonds. The van der Waals surface area contributed by atoms with Crippen LogP contribution < -0.4 is 16.2 Å². The third kappa shape index (κ3) is 5.49. The van der Waals surface area contributed by atoms with Crippen molar-refractivity contribution in [2.24, 2.45) is 11.5 Å². The number of ether oxygens (including phenoxy) is 1. The van der Waals surface area contributed by atoms with Crippen LogP contribution in [0.15, 0.2) is 48.5 Å². The minimum atomic E-state index is -4.38. The van der Waals surface area contributed by atoms with Crippen molar-refractivity contribution in [3.63, 3.8) is 0 Å². The van der Waals surface area contributed by atoms with Gasteiger partial charge >= 0.3 is 6.18 Å². The van der Waals surface area contributed by atoms with E-state index in [0.717, 1.165) is 17.7 Å². The monoisotopic (exact) mass is 352 g/mol. The molecule has 2 rings (SSSR count). The molecule has 4 N–H and O–H groups in total. The quantitative estimate of drug-likeness (QED) is 0.804. The van der Waals surface area contributed by atoms with Gasteiger partial charge in [0.15, 0.2) is 6.61 Å². The molecular weight excluding hydrogens is 333 g/mol. The van der Waals surface area contributed by atoms with Crippen molar-refractivity contribution in [3.8, 4) is 5.75 Å². The van der Waals surface area contributed by atoms with Crippen LogP contribution in [-0.2, 0) is 17.4 Å². The van der Waals surface area contributed by atoms with Crippen molar-refractivity contribution in [2.75, 3.05) is 13.2 Å². The first-order valence-corrected chi connectivity index (χ1v) is 7.67. The number of rotatable bonds is 7. The van der Waals surface area contributed by atoms with Crippen molar-refractivity contribution < 1.29 is 22.7 Å². The zero-order chi connectivity index (χ0) is 18.4. The lowest BCUT2D eigenvalue weighted by Gasteiger charge is -2.17. The molecule has 4 nitrogen and oxygen atoms in total. The van der Waals surface area contributed by atoms with E-state index in [-0.39, 0.29) is 19.1 Å². The van der Waals surface area contributed by atoms with Crippen LogP contribution in [0.25, 0.3) is 0 Å². The molecule has 0 aliphatic carbocycles. The van der Waals surface area contributed by atoms with Crippen LogP contribution in [0.1, 0.15) is 22.6 Å². The highest BCUT2D eigenvalue weighted by Gasteiger charge is 2.30. The van der Waals surface area contributed by atoms with Gasteiger partial charge in [-0.15, -0.1) is 0 Å². The van der Waals surface area contributed by atoms with Crippen molar-refractivity contribution in [2.45, 2.75) is 18.5 Å². The molecule has 0 aliphatic heterocycles. The van der Waals surface area contributed by atoms with E-state index in [1.807, 2.05) is 6.07 Å². The van der Waals surface area contributed by atoms with Gasteiger partial charge in [-0.3, -0.25) is 4.79 Å². The standard InChI is InChI=1S/C18H19F3N2O2/c19-18(20,21)15-5-1-3-12(8-15)7-14(10-22)13-4-2-6-16(9-13)25-11-17(23)24/h1-6,8-9,14H,7,10-11,22H2,(H2,23,24). The van der Waals surface area contributed by atoms with Gasteiger partial charge in [0, 0.05) is 5.92 Å². The number of amides is 1. The Kier molecular flexibility index (Phi) is 6.03. The van der Waals surface area contributed by atoms with Gasteiger partial charge in [0.25, 0.3) is 5.91 Å². The van der Waals surface area contributed by atoms with Gasteiger partial charge < -0.3 is 16.2 Å². The molecule has 0 saturated carbocycles. The lowest BCUT2D eigenvalue weighted by Crippen LogP contribution is -2.20. The number of benzene rings is 2. The fraction of sp³-hybridized carbons (Fsp3) is 0.278. The second-order valence-electron chi connectivity index (χ2n) is 5.66. The Morgan fingerprint density at radius 2 is 1.84 bits per heavy atom. The first-order chi connectivity index (χ1) is 11.8. The Hall–Kier alpha value is -2.54. The maximum Gasteiger partial charge on any atom is 0.416 e. The van der Waals surface area contributed by atoms with E-state index in [1.54, 1.807) is 24.3 Å². The Balaban J connectivity index is 2.17. The van der Waals surface area contributed by atoms with E-state index in [2.05, 4.69) is 0 Å². The van der Waals surface area contributed by atoms with Crippen molar-refractivity contribution in [1.82, 2.24) is 0 Å². The van der Waals surface area contributed by atoms with Crippen LogP contribution in [0.2, 0.25) is 0 Å². The lowest BCUT2D eigenvalue weighted by atomic mass is 9.91. The fourth-order valence-electron chi connectivity index (χ4n) is 2.51. The molecule has 2 aromatic rings. The van der Waals surface area contributed by atoms with Crippen LogP contribution in [0.4, 0.5) is 13.2 Å². The van der Waals surface area contributed by atoms with Crippen LogP contribution in [-0.4, -0.2) is 19.1 Å². The van der Waals surface area contributed by atoms with E-state index in [1.165, 1.54) is 6.07 Å². The Bertz CT molecular complexity index is 732. The summed E-state index contributed by atoms with van der Waals surface area (Å²) in [5.41, 5.74) is 11.5. The highest BCUT2D eigenvalue weighted by atomic mass is 19.4. The molecular formula is C18H19F3N2O2. The van der Waals surface area contributed by atoms with Gasteiger partial charge in [0.1, 0.15) is 5.75 Å². The van der Waals surface area contributed by atoms with E-state index in [4.69, 9.17) is 16.2 Å². The molecule has 0 saturated heterocycles. The zero-order valence-electron chi connectivity index (χ0n) is 13.4. The second-order valence-corrected chi connectivity index (χ2v) is 5.66. The molecule has 0 radical (unpaired) electrons. The minimum Gasteiger partial charge on any atom is -0.484 e. The SMILES string of the molecule is NCC(Cc1cccc(C(F)(F)F)c1)c1cccc(OCC(N)=O)c1. The Morgan fingerprint density at radius 1 is 1.12 bits per heavy atom. The van der Waals surface area contributed by atoms with Gasteiger partial charge in [0.2, 0.25) is 0 Å². The smallest absolute Gasteiger partial charge is 0.416 e. The Morgan fingerprint density at radius 3 is 2.48 bits per heavy atom. The number of carbonyl (C=O) groups excluding carboxylic acids is 1. The topological polar surface area (TPSA) is 78.3 Å². The Labute approximate surface area is 143 Å². The number of halogens is 3. The molecule has 0 spiro atoms. The maximum absolute atomic E-state index is 12.8. The molecule has 1 unspecified atom stereocenters. The molecule has 1 atom stereocenters. The van der Waals surface area contributed by atoms with E-state index in [9.17, 15) is 18.0 Å². The molecule has 134 valence electrons. The summed E-state index contributed by atoms with van der Waals surface area (Å²) in [6.45, 7) is 0.0138. The third-order valence-electron chi connectivity index (χ3n) is 3.73. The third-order valence-corrected chi connectivity index (χ3v) is 3.73.